The quantitative estimate of drug-likeness (QED) is 0.681. The zero-order valence-corrected chi connectivity index (χ0v) is 17.5. The molecule has 0 aliphatic carbocycles. The van der Waals surface area contributed by atoms with Crippen LogP contribution in [0.5, 0.6) is 0 Å². The number of anilines is 1. The number of hydrogen-bond acceptors (Lipinski definition) is 4. The van der Waals surface area contributed by atoms with E-state index in [1.807, 2.05) is 11.0 Å². The number of thioether (sulfide) groups is 1. The summed E-state index contributed by atoms with van der Waals surface area (Å²) in [6.07, 6.45) is 0. The van der Waals surface area contributed by atoms with Crippen molar-refractivity contribution in [3.05, 3.63) is 53.1 Å². The largest absolute Gasteiger partial charge is 0.368 e. The van der Waals surface area contributed by atoms with Crippen LogP contribution in [0.1, 0.15) is 16.7 Å². The SMILES string of the molecule is Cc1ccc2nc(SCC(=O)N3CCN(c4cccc(C)c4C)CC3)[nH]c2c1. The van der Waals surface area contributed by atoms with Gasteiger partial charge in [0.15, 0.2) is 5.16 Å². The number of aromatic amines is 1. The highest BCUT2D eigenvalue weighted by Crippen LogP contribution is 2.25. The van der Waals surface area contributed by atoms with E-state index in [1.165, 1.54) is 34.1 Å². The van der Waals surface area contributed by atoms with Crippen LogP contribution in [0.25, 0.3) is 11.0 Å². The lowest BCUT2D eigenvalue weighted by Gasteiger charge is -2.37. The summed E-state index contributed by atoms with van der Waals surface area (Å²) in [6, 6.07) is 12.6. The minimum atomic E-state index is 0.183. The van der Waals surface area contributed by atoms with Gasteiger partial charge in [-0.05, 0) is 55.7 Å². The Morgan fingerprint density at radius 1 is 1.11 bits per heavy atom. The predicted octanol–water partition coefficient (Wildman–Crippen LogP) is 3.93. The number of hydrogen-bond donors (Lipinski definition) is 1. The average molecular weight is 395 g/mol. The number of amides is 1. The fourth-order valence-corrected chi connectivity index (χ4v) is 4.45. The first-order chi connectivity index (χ1) is 13.5. The molecule has 0 spiro atoms. The second-order valence-electron chi connectivity index (χ2n) is 7.44. The number of aryl methyl sites for hydroxylation is 2. The van der Waals surface area contributed by atoms with Crippen molar-refractivity contribution in [1.29, 1.82) is 0 Å². The van der Waals surface area contributed by atoms with Crippen molar-refractivity contribution in [2.75, 3.05) is 36.8 Å². The zero-order valence-electron chi connectivity index (χ0n) is 16.7. The third-order valence-corrected chi connectivity index (χ3v) is 6.36. The molecule has 1 N–H and O–H groups in total. The third-order valence-electron chi connectivity index (χ3n) is 5.50. The number of nitrogens with zero attached hydrogens (tertiary/aromatic N) is 3. The number of carbonyl (C=O) groups is 1. The highest BCUT2D eigenvalue weighted by molar-refractivity contribution is 7.99. The Hall–Kier alpha value is -2.47. The number of fused-ring (bicyclic) bond motifs is 1. The summed E-state index contributed by atoms with van der Waals surface area (Å²) < 4.78 is 0. The van der Waals surface area contributed by atoms with Gasteiger partial charge in [0.1, 0.15) is 0 Å². The van der Waals surface area contributed by atoms with Crippen molar-refractivity contribution < 1.29 is 4.79 Å². The third kappa shape index (κ3) is 3.87. The lowest BCUT2D eigenvalue weighted by molar-refractivity contribution is -0.128. The predicted molar refractivity (Wildman–Crippen MR) is 116 cm³/mol. The first kappa shape index (κ1) is 18.9. The number of aromatic nitrogens is 2. The summed E-state index contributed by atoms with van der Waals surface area (Å²) in [4.78, 5) is 24.9. The maximum absolute atomic E-state index is 12.6. The highest BCUT2D eigenvalue weighted by atomic mass is 32.2. The molecule has 146 valence electrons. The molecule has 3 aromatic rings. The smallest absolute Gasteiger partial charge is 0.233 e. The van der Waals surface area contributed by atoms with Gasteiger partial charge in [-0.15, -0.1) is 0 Å². The minimum Gasteiger partial charge on any atom is -0.368 e. The van der Waals surface area contributed by atoms with Crippen molar-refractivity contribution >= 4 is 34.4 Å². The molecule has 0 saturated carbocycles. The van der Waals surface area contributed by atoms with Crippen LogP contribution < -0.4 is 4.90 Å². The van der Waals surface area contributed by atoms with Gasteiger partial charge in [-0.25, -0.2) is 4.98 Å². The van der Waals surface area contributed by atoms with Crippen LogP contribution in [0.2, 0.25) is 0 Å². The van der Waals surface area contributed by atoms with Crippen LogP contribution in [0.3, 0.4) is 0 Å². The van der Waals surface area contributed by atoms with Crippen molar-refractivity contribution in [3.63, 3.8) is 0 Å². The van der Waals surface area contributed by atoms with E-state index in [0.717, 1.165) is 42.4 Å². The van der Waals surface area contributed by atoms with Gasteiger partial charge in [-0.2, -0.15) is 0 Å². The molecule has 6 heteroatoms. The van der Waals surface area contributed by atoms with Gasteiger partial charge in [-0.3, -0.25) is 4.79 Å². The van der Waals surface area contributed by atoms with Crippen LogP contribution in [0.15, 0.2) is 41.6 Å². The maximum atomic E-state index is 12.6. The Bertz CT molecular complexity index is 1000. The van der Waals surface area contributed by atoms with Gasteiger partial charge in [0.05, 0.1) is 16.8 Å². The molecule has 0 bridgehead atoms. The second-order valence-corrected chi connectivity index (χ2v) is 8.40. The van der Waals surface area contributed by atoms with E-state index in [4.69, 9.17) is 0 Å². The van der Waals surface area contributed by atoms with Crippen molar-refractivity contribution in [3.8, 4) is 0 Å². The highest BCUT2D eigenvalue weighted by Gasteiger charge is 2.22. The molecule has 1 fully saturated rings. The first-order valence-corrected chi connectivity index (χ1v) is 10.7. The fraction of sp³-hybridized carbons (Fsp3) is 0.364. The number of H-pyrrole nitrogens is 1. The number of benzene rings is 2. The minimum absolute atomic E-state index is 0.183. The number of rotatable bonds is 4. The van der Waals surface area contributed by atoms with E-state index >= 15 is 0 Å². The van der Waals surface area contributed by atoms with Gasteiger partial charge in [0.25, 0.3) is 0 Å². The van der Waals surface area contributed by atoms with E-state index in [9.17, 15) is 4.79 Å². The molecule has 2 heterocycles. The number of imidazole rings is 1. The molecule has 1 amide bonds. The Balaban J connectivity index is 1.33. The molecule has 1 aliphatic heterocycles. The normalized spacial score (nSPS) is 14.7. The molecule has 0 unspecified atom stereocenters. The first-order valence-electron chi connectivity index (χ1n) is 9.69. The average Bonchev–Trinajstić information content (AvgIpc) is 3.10. The molecule has 1 aromatic heterocycles. The number of piperazine rings is 1. The summed E-state index contributed by atoms with van der Waals surface area (Å²) in [5.74, 6) is 0.602. The molecular weight excluding hydrogens is 368 g/mol. The van der Waals surface area contributed by atoms with Crippen LogP contribution in [0.4, 0.5) is 5.69 Å². The monoisotopic (exact) mass is 394 g/mol. The van der Waals surface area contributed by atoms with Gasteiger partial charge in [-0.1, -0.05) is 30.0 Å². The Labute approximate surface area is 170 Å². The molecule has 0 radical (unpaired) electrons. The van der Waals surface area contributed by atoms with Crippen LogP contribution >= 0.6 is 11.8 Å². The summed E-state index contributed by atoms with van der Waals surface area (Å²) in [5, 5.41) is 0.808. The fourth-order valence-electron chi connectivity index (χ4n) is 3.66. The van der Waals surface area contributed by atoms with E-state index < -0.39 is 0 Å². The molecule has 2 aromatic carbocycles. The van der Waals surface area contributed by atoms with Gasteiger partial charge in [0.2, 0.25) is 5.91 Å². The Kier molecular flexibility index (Phi) is 5.31. The molecule has 1 saturated heterocycles. The van der Waals surface area contributed by atoms with Gasteiger partial charge in [0, 0.05) is 31.9 Å². The zero-order chi connectivity index (χ0) is 19.7. The van der Waals surface area contributed by atoms with E-state index in [-0.39, 0.29) is 5.91 Å². The summed E-state index contributed by atoms with van der Waals surface area (Å²) >= 11 is 1.48. The molecule has 28 heavy (non-hydrogen) atoms. The molecule has 5 nitrogen and oxygen atoms in total. The molecule has 1 aliphatic rings. The summed E-state index contributed by atoms with van der Waals surface area (Å²) in [7, 11) is 0. The summed E-state index contributed by atoms with van der Waals surface area (Å²) in [5.41, 5.74) is 7.11. The lowest BCUT2D eigenvalue weighted by Crippen LogP contribution is -2.49. The van der Waals surface area contributed by atoms with Crippen LogP contribution in [0, 0.1) is 20.8 Å². The van der Waals surface area contributed by atoms with E-state index in [2.05, 4.69) is 66.0 Å². The summed E-state index contributed by atoms with van der Waals surface area (Å²) in [6.45, 7) is 9.69. The van der Waals surface area contributed by atoms with Gasteiger partial charge < -0.3 is 14.8 Å². The topological polar surface area (TPSA) is 52.2 Å². The van der Waals surface area contributed by atoms with Crippen molar-refractivity contribution in [2.45, 2.75) is 25.9 Å². The van der Waals surface area contributed by atoms with E-state index in [1.54, 1.807) is 0 Å². The standard InChI is InChI=1S/C22H26N4OS/c1-15-7-8-18-19(13-15)24-22(23-18)28-14-21(27)26-11-9-25(10-12-26)20-6-4-5-16(2)17(20)3/h4-8,13H,9-12,14H2,1-3H3,(H,23,24). The molecule has 4 rings (SSSR count). The maximum Gasteiger partial charge on any atom is 0.233 e. The number of nitrogens with one attached hydrogen (secondary N) is 1. The lowest BCUT2D eigenvalue weighted by atomic mass is 10.1. The second kappa shape index (κ2) is 7.87. The van der Waals surface area contributed by atoms with E-state index in [0.29, 0.717) is 5.75 Å². The molecule has 0 atom stereocenters. The van der Waals surface area contributed by atoms with Crippen LogP contribution in [-0.2, 0) is 4.79 Å². The van der Waals surface area contributed by atoms with Crippen LogP contribution in [-0.4, -0.2) is 52.7 Å². The van der Waals surface area contributed by atoms with Gasteiger partial charge >= 0.3 is 0 Å². The molecular formula is C22H26N4OS. The Morgan fingerprint density at radius 2 is 1.89 bits per heavy atom. The Morgan fingerprint density at radius 3 is 2.68 bits per heavy atom. The van der Waals surface area contributed by atoms with Crippen molar-refractivity contribution in [1.82, 2.24) is 14.9 Å². The van der Waals surface area contributed by atoms with Crippen molar-refractivity contribution in [2.24, 2.45) is 0 Å². The number of carbonyl (C=O) groups excluding carboxylic acids is 1.